The second kappa shape index (κ2) is 8.57. The summed E-state index contributed by atoms with van der Waals surface area (Å²) >= 11 is 0. The highest BCUT2D eigenvalue weighted by atomic mass is 16.5. The third-order valence-corrected chi connectivity index (χ3v) is 5.42. The van der Waals surface area contributed by atoms with Gasteiger partial charge in [0.25, 0.3) is 0 Å². The zero-order valence-electron chi connectivity index (χ0n) is 16.6. The number of aromatic nitrogens is 2. The van der Waals surface area contributed by atoms with Crippen LogP contribution in [0.25, 0.3) is 22.6 Å². The summed E-state index contributed by atoms with van der Waals surface area (Å²) in [6.07, 6.45) is 8.50. The number of methoxy groups -OCH3 is 1. The highest BCUT2D eigenvalue weighted by Gasteiger charge is 2.15. The van der Waals surface area contributed by atoms with Gasteiger partial charge in [-0.05, 0) is 56.6 Å². The molecular weight excluding hydrogens is 350 g/mol. The van der Waals surface area contributed by atoms with E-state index in [1.807, 2.05) is 19.2 Å². The van der Waals surface area contributed by atoms with Crippen LogP contribution in [0, 0.1) is 6.92 Å². The predicted molar refractivity (Wildman–Crippen MR) is 110 cm³/mol. The molecule has 1 saturated heterocycles. The van der Waals surface area contributed by atoms with Crippen molar-refractivity contribution < 1.29 is 9.15 Å². The fourth-order valence-corrected chi connectivity index (χ4v) is 3.72. The van der Waals surface area contributed by atoms with Gasteiger partial charge in [0.15, 0.2) is 0 Å². The van der Waals surface area contributed by atoms with E-state index in [1.54, 1.807) is 13.3 Å². The van der Waals surface area contributed by atoms with Crippen LogP contribution >= 0.6 is 0 Å². The Balaban J connectivity index is 1.46. The van der Waals surface area contributed by atoms with Crippen molar-refractivity contribution in [3.63, 3.8) is 0 Å². The van der Waals surface area contributed by atoms with Gasteiger partial charge in [0, 0.05) is 30.3 Å². The number of rotatable bonds is 6. The molecule has 0 spiro atoms. The van der Waals surface area contributed by atoms with Gasteiger partial charge < -0.3 is 14.1 Å². The van der Waals surface area contributed by atoms with E-state index in [2.05, 4.69) is 34.1 Å². The Hall–Kier alpha value is -2.66. The molecule has 0 amide bonds. The standard InChI is InChI=1S/C23H27N3O2/c1-17-22(10-13-26-11-4-3-5-12-26)25-23(28-17)19-8-6-18(7-9-19)20-14-21(27-2)16-24-15-20/h6-9,14-16H,3-5,10-13H2,1-2H3. The Labute approximate surface area is 166 Å². The van der Waals surface area contributed by atoms with E-state index < -0.39 is 0 Å². The summed E-state index contributed by atoms with van der Waals surface area (Å²) < 4.78 is 11.2. The lowest BCUT2D eigenvalue weighted by Crippen LogP contribution is -2.31. The molecule has 4 rings (SSSR count). The molecule has 0 unspecified atom stereocenters. The number of oxazole rings is 1. The number of nitrogens with zero attached hydrogens (tertiary/aromatic N) is 3. The molecule has 0 N–H and O–H groups in total. The Morgan fingerprint density at radius 1 is 1.00 bits per heavy atom. The maximum Gasteiger partial charge on any atom is 0.226 e. The van der Waals surface area contributed by atoms with Crippen molar-refractivity contribution in [1.29, 1.82) is 0 Å². The highest BCUT2D eigenvalue weighted by Crippen LogP contribution is 2.27. The zero-order chi connectivity index (χ0) is 19.3. The summed E-state index contributed by atoms with van der Waals surface area (Å²) in [5.41, 5.74) is 4.18. The van der Waals surface area contributed by atoms with Crippen molar-refractivity contribution in [3.05, 3.63) is 54.2 Å². The van der Waals surface area contributed by atoms with E-state index in [4.69, 9.17) is 14.1 Å². The van der Waals surface area contributed by atoms with Crippen LogP contribution < -0.4 is 4.74 Å². The molecule has 0 atom stereocenters. The van der Waals surface area contributed by atoms with Gasteiger partial charge in [0.2, 0.25) is 5.89 Å². The molecule has 1 aromatic carbocycles. The molecule has 1 aliphatic rings. The van der Waals surface area contributed by atoms with Crippen LogP contribution in [0.15, 0.2) is 47.1 Å². The van der Waals surface area contributed by atoms with Crippen LogP contribution in [0.4, 0.5) is 0 Å². The summed E-state index contributed by atoms with van der Waals surface area (Å²) in [6.45, 7) is 5.50. The lowest BCUT2D eigenvalue weighted by atomic mass is 10.1. The maximum absolute atomic E-state index is 5.96. The Kier molecular flexibility index (Phi) is 5.72. The number of ether oxygens (including phenoxy) is 1. The Morgan fingerprint density at radius 2 is 1.75 bits per heavy atom. The van der Waals surface area contributed by atoms with Gasteiger partial charge in [0.1, 0.15) is 11.5 Å². The second-order valence-corrected chi connectivity index (χ2v) is 7.36. The van der Waals surface area contributed by atoms with Gasteiger partial charge in [-0.1, -0.05) is 18.6 Å². The number of aryl methyl sites for hydroxylation is 1. The molecule has 0 aliphatic carbocycles. The molecule has 146 valence electrons. The number of hydrogen-bond donors (Lipinski definition) is 0. The number of likely N-dealkylation sites (tertiary alicyclic amines) is 1. The zero-order valence-corrected chi connectivity index (χ0v) is 16.6. The van der Waals surface area contributed by atoms with Crippen LogP contribution in [0.5, 0.6) is 5.75 Å². The fourth-order valence-electron chi connectivity index (χ4n) is 3.72. The molecule has 2 aromatic heterocycles. The van der Waals surface area contributed by atoms with Gasteiger partial charge in [-0.2, -0.15) is 0 Å². The minimum absolute atomic E-state index is 0.696. The molecular formula is C23H27N3O2. The lowest BCUT2D eigenvalue weighted by Gasteiger charge is -2.25. The molecule has 1 fully saturated rings. The molecule has 0 saturated carbocycles. The van der Waals surface area contributed by atoms with E-state index in [1.165, 1.54) is 32.4 Å². The van der Waals surface area contributed by atoms with Gasteiger partial charge in [0.05, 0.1) is 19.0 Å². The number of pyridine rings is 1. The molecule has 5 heteroatoms. The van der Waals surface area contributed by atoms with Crippen LogP contribution in [0.2, 0.25) is 0 Å². The van der Waals surface area contributed by atoms with Gasteiger partial charge in [-0.3, -0.25) is 4.98 Å². The summed E-state index contributed by atoms with van der Waals surface area (Å²) in [5.74, 6) is 2.37. The number of hydrogen-bond acceptors (Lipinski definition) is 5. The first-order valence-corrected chi connectivity index (χ1v) is 10.0. The van der Waals surface area contributed by atoms with Crippen molar-refractivity contribution in [2.75, 3.05) is 26.7 Å². The highest BCUT2D eigenvalue weighted by molar-refractivity contribution is 5.67. The van der Waals surface area contributed by atoms with Crippen molar-refractivity contribution in [3.8, 4) is 28.3 Å². The first kappa shape index (κ1) is 18.7. The largest absolute Gasteiger partial charge is 0.495 e. The first-order chi connectivity index (χ1) is 13.7. The van der Waals surface area contributed by atoms with Gasteiger partial charge >= 0.3 is 0 Å². The van der Waals surface area contributed by atoms with E-state index in [-0.39, 0.29) is 0 Å². The van der Waals surface area contributed by atoms with Crippen LogP contribution in [0.1, 0.15) is 30.7 Å². The molecule has 3 heterocycles. The van der Waals surface area contributed by atoms with Crippen molar-refractivity contribution in [2.45, 2.75) is 32.6 Å². The number of benzene rings is 1. The predicted octanol–water partition coefficient (Wildman–Crippen LogP) is 4.75. The Bertz CT molecular complexity index is 912. The summed E-state index contributed by atoms with van der Waals surface area (Å²) in [5, 5.41) is 0. The average Bonchev–Trinajstić information content (AvgIpc) is 3.13. The first-order valence-electron chi connectivity index (χ1n) is 10.0. The maximum atomic E-state index is 5.96. The minimum Gasteiger partial charge on any atom is -0.495 e. The van der Waals surface area contributed by atoms with Gasteiger partial charge in [-0.15, -0.1) is 0 Å². The van der Waals surface area contributed by atoms with E-state index in [0.29, 0.717) is 5.89 Å². The smallest absolute Gasteiger partial charge is 0.226 e. The van der Waals surface area contributed by atoms with Gasteiger partial charge in [-0.25, -0.2) is 4.98 Å². The van der Waals surface area contributed by atoms with Crippen molar-refractivity contribution in [2.24, 2.45) is 0 Å². The third-order valence-electron chi connectivity index (χ3n) is 5.42. The molecule has 28 heavy (non-hydrogen) atoms. The lowest BCUT2D eigenvalue weighted by molar-refractivity contribution is 0.230. The molecule has 1 aliphatic heterocycles. The van der Waals surface area contributed by atoms with Crippen molar-refractivity contribution >= 4 is 0 Å². The SMILES string of the molecule is COc1cncc(-c2ccc(-c3nc(CCN4CCCCC4)c(C)o3)cc2)c1. The fraction of sp³-hybridized carbons (Fsp3) is 0.391. The van der Waals surface area contributed by atoms with E-state index in [9.17, 15) is 0 Å². The van der Waals surface area contributed by atoms with Crippen molar-refractivity contribution in [1.82, 2.24) is 14.9 Å². The molecule has 0 bridgehead atoms. The molecule has 0 radical (unpaired) electrons. The number of piperidine rings is 1. The average molecular weight is 377 g/mol. The molecule has 3 aromatic rings. The quantitative estimate of drug-likeness (QED) is 0.620. The topological polar surface area (TPSA) is 51.4 Å². The monoisotopic (exact) mass is 377 g/mol. The van der Waals surface area contributed by atoms with Crippen LogP contribution in [-0.4, -0.2) is 41.6 Å². The van der Waals surface area contributed by atoms with Crippen LogP contribution in [0.3, 0.4) is 0 Å². The summed E-state index contributed by atoms with van der Waals surface area (Å²) in [7, 11) is 1.65. The normalized spacial score (nSPS) is 14.9. The summed E-state index contributed by atoms with van der Waals surface area (Å²) in [6, 6.07) is 10.2. The van der Waals surface area contributed by atoms with E-state index >= 15 is 0 Å². The summed E-state index contributed by atoms with van der Waals surface area (Å²) in [4.78, 5) is 11.5. The third kappa shape index (κ3) is 4.25. The second-order valence-electron chi connectivity index (χ2n) is 7.36. The molecule has 5 nitrogen and oxygen atoms in total. The Morgan fingerprint density at radius 3 is 2.50 bits per heavy atom. The van der Waals surface area contributed by atoms with E-state index in [0.717, 1.165) is 46.9 Å². The minimum atomic E-state index is 0.696. The van der Waals surface area contributed by atoms with Crippen LogP contribution in [-0.2, 0) is 6.42 Å².